The zero-order valence-electron chi connectivity index (χ0n) is 14.7. The summed E-state index contributed by atoms with van der Waals surface area (Å²) in [5.74, 6) is -0.458. The van der Waals surface area contributed by atoms with Crippen LogP contribution in [0, 0.1) is 5.95 Å². The molecule has 138 valence electrons. The molecular weight excluding hydrogens is 347 g/mol. The number of nitrogens with one attached hydrogen (secondary N) is 1. The highest BCUT2D eigenvalue weighted by molar-refractivity contribution is 6.04. The van der Waals surface area contributed by atoms with Crippen LogP contribution in [0.15, 0.2) is 36.7 Å². The number of amides is 1. The number of pyridine rings is 1. The van der Waals surface area contributed by atoms with Crippen LogP contribution in [0.4, 0.5) is 15.8 Å². The Kier molecular flexibility index (Phi) is 3.78. The minimum Gasteiger partial charge on any atom is -0.365 e. The Hall–Kier alpha value is -3.00. The van der Waals surface area contributed by atoms with Gasteiger partial charge in [-0.05, 0) is 29.8 Å². The number of carbonyl (C=O) groups excluding carboxylic acids is 1. The molecular formula is C19H19FN6O. The Morgan fingerprint density at radius 2 is 2.04 bits per heavy atom. The highest BCUT2D eigenvalue weighted by Gasteiger charge is 2.22. The fourth-order valence-corrected chi connectivity index (χ4v) is 3.95. The second kappa shape index (κ2) is 6.31. The normalized spacial score (nSPS) is 17.4. The molecule has 1 aromatic carbocycles. The van der Waals surface area contributed by atoms with Gasteiger partial charge in [0.25, 0.3) is 0 Å². The zero-order chi connectivity index (χ0) is 18.4. The molecule has 0 spiro atoms. The highest BCUT2D eigenvalue weighted by Crippen LogP contribution is 2.29. The van der Waals surface area contributed by atoms with Crippen LogP contribution in [-0.4, -0.2) is 51.8 Å². The Balaban J connectivity index is 1.31. The van der Waals surface area contributed by atoms with Gasteiger partial charge >= 0.3 is 0 Å². The predicted octanol–water partition coefficient (Wildman–Crippen LogP) is 1.84. The first-order valence-electron chi connectivity index (χ1n) is 9.03. The third kappa shape index (κ3) is 2.91. The van der Waals surface area contributed by atoms with Crippen LogP contribution in [-0.2, 0) is 17.9 Å². The van der Waals surface area contributed by atoms with Crippen LogP contribution in [0.2, 0.25) is 0 Å². The largest absolute Gasteiger partial charge is 0.365 e. The molecule has 5 rings (SSSR count). The van der Waals surface area contributed by atoms with Crippen LogP contribution >= 0.6 is 0 Å². The van der Waals surface area contributed by atoms with E-state index in [2.05, 4.69) is 26.4 Å². The molecule has 0 unspecified atom stereocenters. The second-order valence-corrected chi connectivity index (χ2v) is 7.01. The van der Waals surface area contributed by atoms with Crippen molar-refractivity contribution in [2.45, 2.75) is 13.1 Å². The summed E-state index contributed by atoms with van der Waals surface area (Å²) >= 11 is 0. The molecule has 1 N–H and O–H groups in total. The summed E-state index contributed by atoms with van der Waals surface area (Å²) in [5.41, 5.74) is 3.51. The van der Waals surface area contributed by atoms with E-state index in [1.54, 1.807) is 16.8 Å². The summed E-state index contributed by atoms with van der Waals surface area (Å²) < 4.78 is 15.6. The lowest BCUT2D eigenvalue weighted by atomic mass is 10.1. The minimum absolute atomic E-state index is 0.0447. The lowest BCUT2D eigenvalue weighted by molar-refractivity contribution is -0.117. The van der Waals surface area contributed by atoms with Gasteiger partial charge in [-0.1, -0.05) is 0 Å². The molecule has 2 aliphatic heterocycles. The molecule has 8 heteroatoms. The van der Waals surface area contributed by atoms with E-state index in [-0.39, 0.29) is 12.5 Å². The van der Waals surface area contributed by atoms with Crippen molar-refractivity contribution in [3.8, 4) is 0 Å². The average molecular weight is 366 g/mol. The molecule has 4 heterocycles. The fourth-order valence-electron chi connectivity index (χ4n) is 3.95. The number of piperazine rings is 1. The Labute approximate surface area is 155 Å². The van der Waals surface area contributed by atoms with Crippen LogP contribution in [0.25, 0.3) is 10.9 Å². The van der Waals surface area contributed by atoms with Crippen molar-refractivity contribution in [2.75, 3.05) is 36.4 Å². The topological polar surface area (TPSA) is 66.3 Å². The number of benzene rings is 1. The number of carbonyl (C=O) groups is 1. The van der Waals surface area contributed by atoms with Crippen molar-refractivity contribution in [3.63, 3.8) is 0 Å². The van der Waals surface area contributed by atoms with Gasteiger partial charge < -0.3 is 10.2 Å². The Morgan fingerprint density at radius 1 is 1.19 bits per heavy atom. The molecule has 27 heavy (non-hydrogen) atoms. The van der Waals surface area contributed by atoms with Gasteiger partial charge in [-0.2, -0.15) is 9.49 Å². The van der Waals surface area contributed by atoms with Gasteiger partial charge in [0.2, 0.25) is 11.9 Å². The van der Waals surface area contributed by atoms with E-state index in [1.807, 2.05) is 17.2 Å². The van der Waals surface area contributed by atoms with Gasteiger partial charge in [-0.25, -0.2) is 4.98 Å². The van der Waals surface area contributed by atoms with Crippen molar-refractivity contribution < 1.29 is 9.18 Å². The van der Waals surface area contributed by atoms with E-state index >= 15 is 0 Å². The van der Waals surface area contributed by atoms with E-state index < -0.39 is 5.95 Å². The third-order valence-electron chi connectivity index (χ3n) is 5.22. The van der Waals surface area contributed by atoms with Crippen molar-refractivity contribution in [1.82, 2.24) is 19.7 Å². The molecule has 0 aliphatic carbocycles. The second-order valence-electron chi connectivity index (χ2n) is 7.01. The fraction of sp³-hybridized carbons (Fsp3) is 0.316. The van der Waals surface area contributed by atoms with Gasteiger partial charge in [0, 0.05) is 44.3 Å². The number of hydrogen-bond acceptors (Lipinski definition) is 5. The van der Waals surface area contributed by atoms with E-state index in [0.29, 0.717) is 5.69 Å². The molecule has 0 bridgehead atoms. The standard InChI is InChI=1S/C19H19FN6O/c20-19-16(2-1-3-21-19)25-6-4-24(5-7-25)11-13-8-14-10-22-26-12-17(27)23-15(9-13)18(14)26/h1-3,8-10H,4-7,11-12H2,(H,23,27). The number of anilines is 2. The number of hydrogen-bond donors (Lipinski definition) is 1. The predicted molar refractivity (Wildman–Crippen MR) is 100 cm³/mol. The smallest absolute Gasteiger partial charge is 0.246 e. The summed E-state index contributed by atoms with van der Waals surface area (Å²) in [6, 6.07) is 7.70. The van der Waals surface area contributed by atoms with E-state index in [0.717, 1.165) is 54.9 Å². The van der Waals surface area contributed by atoms with Gasteiger partial charge in [-0.15, -0.1) is 0 Å². The van der Waals surface area contributed by atoms with Gasteiger partial charge in [-0.3, -0.25) is 14.4 Å². The monoisotopic (exact) mass is 366 g/mol. The number of halogens is 1. The minimum atomic E-state index is -0.414. The first-order valence-corrected chi connectivity index (χ1v) is 9.03. The number of nitrogens with zero attached hydrogens (tertiary/aromatic N) is 5. The summed E-state index contributed by atoms with van der Waals surface area (Å²) in [6.07, 6.45) is 3.28. The molecule has 0 atom stereocenters. The van der Waals surface area contributed by atoms with Crippen molar-refractivity contribution in [2.24, 2.45) is 0 Å². The maximum atomic E-state index is 13.9. The number of aromatic nitrogens is 3. The van der Waals surface area contributed by atoms with Crippen molar-refractivity contribution in [3.05, 3.63) is 48.2 Å². The molecule has 0 saturated carbocycles. The Morgan fingerprint density at radius 3 is 2.85 bits per heavy atom. The molecule has 2 aromatic heterocycles. The number of rotatable bonds is 3. The van der Waals surface area contributed by atoms with E-state index in [9.17, 15) is 9.18 Å². The summed E-state index contributed by atoms with van der Waals surface area (Å²) in [4.78, 5) is 20.0. The van der Waals surface area contributed by atoms with Crippen molar-refractivity contribution in [1.29, 1.82) is 0 Å². The maximum absolute atomic E-state index is 13.9. The molecule has 1 fully saturated rings. The van der Waals surface area contributed by atoms with Crippen LogP contribution < -0.4 is 10.2 Å². The third-order valence-corrected chi connectivity index (χ3v) is 5.22. The van der Waals surface area contributed by atoms with Gasteiger partial charge in [0.05, 0.1) is 23.1 Å². The van der Waals surface area contributed by atoms with Crippen molar-refractivity contribution >= 4 is 28.2 Å². The van der Waals surface area contributed by atoms with E-state index in [4.69, 9.17) is 0 Å². The first kappa shape index (κ1) is 16.2. The quantitative estimate of drug-likeness (QED) is 0.717. The van der Waals surface area contributed by atoms with E-state index in [1.165, 1.54) is 6.20 Å². The average Bonchev–Trinajstić information content (AvgIpc) is 3.06. The molecule has 3 aromatic rings. The molecule has 1 amide bonds. The summed E-state index contributed by atoms with van der Waals surface area (Å²) in [6.45, 7) is 4.25. The van der Waals surface area contributed by atoms with Crippen LogP contribution in [0.3, 0.4) is 0 Å². The Bertz CT molecular complexity index is 1020. The van der Waals surface area contributed by atoms with Crippen LogP contribution in [0.5, 0.6) is 0 Å². The lowest BCUT2D eigenvalue weighted by Crippen LogP contribution is -2.46. The molecule has 1 saturated heterocycles. The highest BCUT2D eigenvalue weighted by atomic mass is 19.1. The molecule has 0 radical (unpaired) electrons. The molecule has 7 nitrogen and oxygen atoms in total. The molecule has 2 aliphatic rings. The zero-order valence-corrected chi connectivity index (χ0v) is 14.7. The van der Waals surface area contributed by atoms with Gasteiger partial charge in [0.15, 0.2) is 0 Å². The summed E-state index contributed by atoms with van der Waals surface area (Å²) in [5, 5.41) is 8.30. The van der Waals surface area contributed by atoms with Crippen LogP contribution in [0.1, 0.15) is 5.56 Å². The maximum Gasteiger partial charge on any atom is 0.246 e. The van der Waals surface area contributed by atoms with Gasteiger partial charge in [0.1, 0.15) is 6.54 Å². The summed E-state index contributed by atoms with van der Waals surface area (Å²) in [7, 11) is 0. The SMILES string of the molecule is O=C1Cn2ncc3cc(CN4CCN(c5cccnc5F)CC4)cc(c32)N1. The first-order chi connectivity index (χ1) is 13.2. The lowest BCUT2D eigenvalue weighted by Gasteiger charge is -2.36.